The summed E-state index contributed by atoms with van der Waals surface area (Å²) in [6, 6.07) is 0. The highest BCUT2D eigenvalue weighted by molar-refractivity contribution is 6.18. The molecule has 0 heterocycles. The van der Waals surface area contributed by atoms with Crippen LogP contribution in [0.1, 0.15) is 19.8 Å². The van der Waals surface area contributed by atoms with Crippen LogP contribution in [0.4, 0.5) is 0 Å². The van der Waals surface area contributed by atoms with Gasteiger partial charge in [-0.15, -0.1) is 11.6 Å². The lowest BCUT2D eigenvalue weighted by Crippen LogP contribution is -2.29. The van der Waals surface area contributed by atoms with Crippen molar-refractivity contribution in [1.29, 1.82) is 0 Å². The quantitative estimate of drug-likeness (QED) is 0.497. The van der Waals surface area contributed by atoms with Crippen molar-refractivity contribution in [3.63, 3.8) is 0 Å². The molecular weight excluding hydrogens is 206 g/mol. The summed E-state index contributed by atoms with van der Waals surface area (Å²) in [5.74, 6) is -0.0231. The number of amides is 1. The minimum atomic E-state index is -0.280. The average molecular weight is 222 g/mol. The van der Waals surface area contributed by atoms with Gasteiger partial charge in [0.05, 0.1) is 13.0 Å². The minimum Gasteiger partial charge on any atom is -0.466 e. The predicted octanol–water partition coefficient (Wildman–Crippen LogP) is 1.03. The molecule has 1 amide bonds. The van der Waals surface area contributed by atoms with Gasteiger partial charge in [0.2, 0.25) is 5.91 Å². The second-order valence-corrected chi connectivity index (χ2v) is 3.19. The lowest BCUT2D eigenvalue weighted by Gasteiger charge is -2.15. The molecule has 0 radical (unpaired) electrons. The van der Waals surface area contributed by atoms with Crippen molar-refractivity contribution in [2.24, 2.45) is 0 Å². The zero-order valence-corrected chi connectivity index (χ0v) is 9.34. The van der Waals surface area contributed by atoms with Crippen LogP contribution >= 0.6 is 11.6 Å². The van der Waals surface area contributed by atoms with Gasteiger partial charge in [0.25, 0.3) is 0 Å². The number of esters is 1. The van der Waals surface area contributed by atoms with Crippen LogP contribution in [0.2, 0.25) is 0 Å². The fourth-order valence-electron chi connectivity index (χ4n) is 0.889. The highest BCUT2D eigenvalue weighted by Crippen LogP contribution is 1.96. The van der Waals surface area contributed by atoms with Crippen LogP contribution in [-0.2, 0) is 14.3 Å². The number of hydrogen-bond donors (Lipinski definition) is 0. The van der Waals surface area contributed by atoms with E-state index < -0.39 is 0 Å². The second-order valence-electron chi connectivity index (χ2n) is 2.81. The topological polar surface area (TPSA) is 46.6 Å². The molecule has 14 heavy (non-hydrogen) atoms. The molecule has 0 aromatic rings. The Morgan fingerprint density at radius 2 is 2.00 bits per heavy atom. The number of nitrogens with zero attached hydrogens (tertiary/aromatic N) is 1. The van der Waals surface area contributed by atoms with E-state index in [0.29, 0.717) is 25.5 Å². The van der Waals surface area contributed by atoms with Crippen molar-refractivity contribution >= 4 is 23.5 Å². The van der Waals surface area contributed by atoms with Gasteiger partial charge in [0, 0.05) is 25.9 Å². The van der Waals surface area contributed by atoms with Crippen molar-refractivity contribution in [3.05, 3.63) is 0 Å². The molecule has 0 aliphatic rings. The Morgan fingerprint density at radius 3 is 2.50 bits per heavy atom. The van der Waals surface area contributed by atoms with Gasteiger partial charge in [0.1, 0.15) is 0 Å². The number of alkyl halides is 1. The van der Waals surface area contributed by atoms with Gasteiger partial charge in [-0.05, 0) is 6.92 Å². The largest absolute Gasteiger partial charge is 0.466 e. The van der Waals surface area contributed by atoms with Gasteiger partial charge < -0.3 is 9.64 Å². The maximum absolute atomic E-state index is 11.2. The number of halogens is 1. The Morgan fingerprint density at radius 1 is 1.36 bits per heavy atom. The van der Waals surface area contributed by atoms with Crippen molar-refractivity contribution < 1.29 is 14.3 Å². The van der Waals surface area contributed by atoms with E-state index in [1.807, 2.05) is 0 Å². The highest BCUT2D eigenvalue weighted by Gasteiger charge is 2.09. The van der Waals surface area contributed by atoms with E-state index in [0.717, 1.165) is 0 Å². The smallest absolute Gasteiger partial charge is 0.307 e. The zero-order valence-electron chi connectivity index (χ0n) is 8.59. The van der Waals surface area contributed by atoms with Gasteiger partial charge in [-0.25, -0.2) is 0 Å². The molecule has 0 aliphatic carbocycles. The number of ether oxygens (including phenoxy) is 1. The SMILES string of the molecule is CCOC(=O)CCN(C)C(=O)CCCl. The summed E-state index contributed by atoms with van der Waals surface area (Å²) in [6.07, 6.45) is 0.541. The molecule has 0 bridgehead atoms. The molecule has 0 spiro atoms. The van der Waals surface area contributed by atoms with Crippen molar-refractivity contribution in [2.75, 3.05) is 26.1 Å². The Labute approximate surface area is 89.2 Å². The van der Waals surface area contributed by atoms with Gasteiger partial charge in [-0.2, -0.15) is 0 Å². The van der Waals surface area contributed by atoms with Crippen LogP contribution in [0.25, 0.3) is 0 Å². The minimum absolute atomic E-state index is 0.0516. The van der Waals surface area contributed by atoms with E-state index in [1.54, 1.807) is 14.0 Å². The van der Waals surface area contributed by atoms with Crippen LogP contribution in [0, 0.1) is 0 Å². The Hall–Kier alpha value is -0.770. The molecule has 4 nitrogen and oxygen atoms in total. The number of carbonyl (C=O) groups is 2. The van der Waals surface area contributed by atoms with Crippen LogP contribution in [0.3, 0.4) is 0 Å². The summed E-state index contributed by atoms with van der Waals surface area (Å²) in [5, 5.41) is 0. The molecule has 0 atom stereocenters. The van der Waals surface area contributed by atoms with Crippen LogP contribution < -0.4 is 0 Å². The summed E-state index contributed by atoms with van der Waals surface area (Å²) in [4.78, 5) is 23.6. The van der Waals surface area contributed by atoms with Crippen molar-refractivity contribution in [3.8, 4) is 0 Å². The van der Waals surface area contributed by atoms with E-state index in [-0.39, 0.29) is 18.3 Å². The van der Waals surface area contributed by atoms with Crippen LogP contribution in [0.5, 0.6) is 0 Å². The lowest BCUT2D eigenvalue weighted by atomic mass is 10.3. The van der Waals surface area contributed by atoms with Gasteiger partial charge in [0.15, 0.2) is 0 Å². The molecular formula is C9H16ClNO3. The maximum atomic E-state index is 11.2. The maximum Gasteiger partial charge on any atom is 0.307 e. The Kier molecular flexibility index (Phi) is 7.20. The van der Waals surface area contributed by atoms with Gasteiger partial charge >= 0.3 is 5.97 Å². The van der Waals surface area contributed by atoms with E-state index in [4.69, 9.17) is 16.3 Å². The second kappa shape index (κ2) is 7.62. The molecule has 0 aliphatic heterocycles. The van der Waals surface area contributed by atoms with E-state index in [9.17, 15) is 9.59 Å². The number of hydrogen-bond acceptors (Lipinski definition) is 3. The normalized spacial score (nSPS) is 9.64. The molecule has 5 heteroatoms. The third-order valence-corrected chi connectivity index (χ3v) is 1.88. The monoisotopic (exact) mass is 221 g/mol. The summed E-state index contributed by atoms with van der Waals surface area (Å²) in [6.45, 7) is 2.51. The molecule has 0 fully saturated rings. The fourth-order valence-corrected chi connectivity index (χ4v) is 1.05. The third-order valence-electron chi connectivity index (χ3n) is 1.69. The van der Waals surface area contributed by atoms with E-state index in [1.165, 1.54) is 4.90 Å². The van der Waals surface area contributed by atoms with Crippen molar-refractivity contribution in [1.82, 2.24) is 4.90 Å². The summed E-state index contributed by atoms with van der Waals surface area (Å²) < 4.78 is 4.73. The first-order valence-electron chi connectivity index (χ1n) is 4.57. The summed E-state index contributed by atoms with van der Waals surface area (Å²) >= 11 is 5.41. The number of rotatable bonds is 6. The van der Waals surface area contributed by atoms with Crippen LogP contribution in [0.15, 0.2) is 0 Å². The van der Waals surface area contributed by atoms with Gasteiger partial charge in [-0.3, -0.25) is 9.59 Å². The molecule has 0 rings (SSSR count). The van der Waals surface area contributed by atoms with Crippen LogP contribution in [-0.4, -0.2) is 42.9 Å². The molecule has 82 valence electrons. The Balaban J connectivity index is 3.67. The van der Waals surface area contributed by atoms with Gasteiger partial charge in [-0.1, -0.05) is 0 Å². The zero-order chi connectivity index (χ0) is 11.0. The van der Waals surface area contributed by atoms with E-state index >= 15 is 0 Å². The first-order chi connectivity index (χ1) is 6.61. The Bertz CT molecular complexity index is 196. The molecule has 0 saturated carbocycles. The molecule has 0 aromatic heterocycles. The lowest BCUT2D eigenvalue weighted by molar-refractivity contribution is -0.143. The summed E-state index contributed by atoms with van der Waals surface area (Å²) in [5.41, 5.74) is 0. The third kappa shape index (κ3) is 5.80. The first kappa shape index (κ1) is 13.2. The predicted molar refractivity (Wildman–Crippen MR) is 54.2 cm³/mol. The summed E-state index contributed by atoms with van der Waals surface area (Å²) in [7, 11) is 1.65. The average Bonchev–Trinajstić information content (AvgIpc) is 2.15. The number of carbonyl (C=O) groups excluding carboxylic acids is 2. The van der Waals surface area contributed by atoms with E-state index in [2.05, 4.69) is 0 Å². The fraction of sp³-hybridized carbons (Fsp3) is 0.778. The molecule has 0 saturated heterocycles. The standard InChI is InChI=1S/C9H16ClNO3/c1-3-14-9(13)5-7-11(2)8(12)4-6-10/h3-7H2,1-2H3. The molecule has 0 N–H and O–H groups in total. The first-order valence-corrected chi connectivity index (χ1v) is 5.10. The van der Waals surface area contributed by atoms with Crippen molar-refractivity contribution in [2.45, 2.75) is 19.8 Å². The highest BCUT2D eigenvalue weighted by atomic mass is 35.5. The molecule has 0 unspecified atom stereocenters. The molecule has 0 aromatic carbocycles.